The van der Waals surface area contributed by atoms with Crippen molar-refractivity contribution in [1.29, 1.82) is 0 Å². The Morgan fingerprint density at radius 1 is 1.14 bits per heavy atom. The molecule has 0 aliphatic rings. The summed E-state index contributed by atoms with van der Waals surface area (Å²) in [6.07, 6.45) is 2.61. The summed E-state index contributed by atoms with van der Waals surface area (Å²) in [6, 6.07) is 12.3. The molecule has 0 saturated heterocycles. The van der Waals surface area contributed by atoms with Gasteiger partial charge in [0.2, 0.25) is 5.88 Å². The lowest BCUT2D eigenvalue weighted by atomic mass is 10.1. The summed E-state index contributed by atoms with van der Waals surface area (Å²) in [5.41, 5.74) is 0.163. The third-order valence-corrected chi connectivity index (χ3v) is 3.34. The van der Waals surface area contributed by atoms with Gasteiger partial charge in [-0.2, -0.15) is 0 Å². The summed E-state index contributed by atoms with van der Waals surface area (Å²) in [6.45, 7) is 0.405. The highest BCUT2D eigenvalue weighted by molar-refractivity contribution is 5.83. The molecule has 0 saturated carbocycles. The molecule has 0 unspecified atom stereocenters. The van der Waals surface area contributed by atoms with Crippen molar-refractivity contribution in [1.82, 2.24) is 4.98 Å². The SMILES string of the molecule is O=c1oc2ccccc2c(O)c1CCCOc1ccccn1. The average molecular weight is 297 g/mol. The van der Waals surface area contributed by atoms with Crippen LogP contribution in [0, 0.1) is 0 Å². The van der Waals surface area contributed by atoms with Gasteiger partial charge in [0.25, 0.3) is 0 Å². The minimum absolute atomic E-state index is 0.00955. The molecule has 0 amide bonds. The van der Waals surface area contributed by atoms with Gasteiger partial charge < -0.3 is 14.3 Å². The van der Waals surface area contributed by atoms with E-state index in [4.69, 9.17) is 9.15 Å². The molecular formula is C17H15NO4. The number of para-hydroxylation sites is 1. The highest BCUT2D eigenvalue weighted by Crippen LogP contribution is 2.26. The van der Waals surface area contributed by atoms with Crippen LogP contribution < -0.4 is 10.4 Å². The first-order valence-corrected chi connectivity index (χ1v) is 7.03. The standard InChI is InChI=1S/C17H15NO4/c19-16-12-6-1-2-8-14(12)22-17(20)13(16)7-5-11-21-15-9-3-4-10-18-15/h1-4,6,8-10,19H,5,7,11H2. The normalized spacial score (nSPS) is 10.7. The number of nitrogens with zero attached hydrogens (tertiary/aromatic N) is 1. The smallest absolute Gasteiger partial charge is 0.343 e. The number of pyridine rings is 1. The molecule has 3 rings (SSSR count). The predicted octanol–water partition coefficient (Wildman–Crippen LogP) is 2.91. The maximum atomic E-state index is 11.9. The van der Waals surface area contributed by atoms with Crippen LogP contribution in [0.3, 0.4) is 0 Å². The summed E-state index contributed by atoms with van der Waals surface area (Å²) < 4.78 is 10.7. The predicted molar refractivity (Wildman–Crippen MR) is 82.2 cm³/mol. The molecule has 0 spiro atoms. The first kappa shape index (κ1) is 14.1. The molecule has 1 N–H and O–H groups in total. The summed E-state index contributed by atoms with van der Waals surface area (Å²) in [5, 5.41) is 10.8. The zero-order chi connectivity index (χ0) is 15.4. The van der Waals surface area contributed by atoms with Crippen LogP contribution in [0.4, 0.5) is 0 Å². The Balaban J connectivity index is 1.70. The van der Waals surface area contributed by atoms with Gasteiger partial charge in [0, 0.05) is 12.3 Å². The lowest BCUT2D eigenvalue weighted by Gasteiger charge is -2.07. The number of fused-ring (bicyclic) bond motifs is 1. The van der Waals surface area contributed by atoms with Crippen LogP contribution in [0.15, 0.2) is 57.9 Å². The third kappa shape index (κ3) is 2.93. The van der Waals surface area contributed by atoms with Gasteiger partial charge in [-0.15, -0.1) is 0 Å². The van der Waals surface area contributed by atoms with Gasteiger partial charge in [0.1, 0.15) is 11.3 Å². The number of aromatic hydroxyl groups is 1. The Morgan fingerprint density at radius 3 is 2.77 bits per heavy atom. The summed E-state index contributed by atoms with van der Waals surface area (Å²) in [5.74, 6) is 0.530. The second kappa shape index (κ2) is 6.30. The van der Waals surface area contributed by atoms with Gasteiger partial charge in [-0.3, -0.25) is 0 Å². The number of aromatic nitrogens is 1. The van der Waals surface area contributed by atoms with E-state index in [0.717, 1.165) is 0 Å². The molecule has 2 heterocycles. The molecule has 5 heteroatoms. The molecule has 0 bridgehead atoms. The fraction of sp³-hybridized carbons (Fsp3) is 0.176. The van der Waals surface area contributed by atoms with E-state index in [9.17, 15) is 9.90 Å². The number of hydrogen-bond donors (Lipinski definition) is 1. The minimum atomic E-state index is -0.506. The van der Waals surface area contributed by atoms with Gasteiger partial charge in [-0.25, -0.2) is 9.78 Å². The summed E-state index contributed by atoms with van der Waals surface area (Å²) in [7, 11) is 0. The van der Waals surface area contributed by atoms with Gasteiger partial charge in [-0.05, 0) is 31.0 Å². The van der Waals surface area contributed by atoms with Crippen molar-refractivity contribution >= 4 is 11.0 Å². The Labute approximate surface area is 126 Å². The first-order chi connectivity index (χ1) is 10.8. The second-order valence-corrected chi connectivity index (χ2v) is 4.83. The highest BCUT2D eigenvalue weighted by Gasteiger charge is 2.13. The topological polar surface area (TPSA) is 72.6 Å². The molecule has 0 atom stereocenters. The maximum Gasteiger partial charge on any atom is 0.343 e. The van der Waals surface area contributed by atoms with E-state index in [2.05, 4.69) is 4.98 Å². The molecule has 3 aromatic rings. The van der Waals surface area contributed by atoms with E-state index < -0.39 is 5.63 Å². The van der Waals surface area contributed by atoms with Crippen molar-refractivity contribution in [3.63, 3.8) is 0 Å². The Bertz CT molecular complexity index is 827. The van der Waals surface area contributed by atoms with Gasteiger partial charge in [-0.1, -0.05) is 18.2 Å². The van der Waals surface area contributed by atoms with E-state index in [1.54, 1.807) is 36.5 Å². The molecule has 22 heavy (non-hydrogen) atoms. The quantitative estimate of drug-likeness (QED) is 0.579. The molecule has 2 aromatic heterocycles. The lowest BCUT2D eigenvalue weighted by Crippen LogP contribution is -2.10. The van der Waals surface area contributed by atoms with E-state index in [-0.39, 0.29) is 11.3 Å². The molecule has 0 radical (unpaired) electrons. The van der Waals surface area contributed by atoms with E-state index in [0.29, 0.717) is 36.3 Å². The molecule has 0 aliphatic heterocycles. The molecule has 1 aromatic carbocycles. The Morgan fingerprint density at radius 2 is 1.95 bits per heavy atom. The second-order valence-electron chi connectivity index (χ2n) is 4.83. The number of hydrogen-bond acceptors (Lipinski definition) is 5. The van der Waals surface area contributed by atoms with Crippen LogP contribution in [0.5, 0.6) is 11.6 Å². The van der Waals surface area contributed by atoms with E-state index in [1.807, 2.05) is 12.1 Å². The number of rotatable bonds is 5. The van der Waals surface area contributed by atoms with Crippen LogP contribution in [0.25, 0.3) is 11.0 Å². The Kier molecular flexibility index (Phi) is 4.05. The Hall–Kier alpha value is -2.82. The largest absolute Gasteiger partial charge is 0.507 e. The van der Waals surface area contributed by atoms with Gasteiger partial charge >= 0.3 is 5.63 Å². The van der Waals surface area contributed by atoms with Crippen molar-refractivity contribution < 1.29 is 14.3 Å². The highest BCUT2D eigenvalue weighted by atomic mass is 16.5. The molecular weight excluding hydrogens is 282 g/mol. The maximum absolute atomic E-state index is 11.9. The van der Waals surface area contributed by atoms with Crippen molar-refractivity contribution in [3.8, 4) is 11.6 Å². The molecule has 5 nitrogen and oxygen atoms in total. The van der Waals surface area contributed by atoms with E-state index >= 15 is 0 Å². The monoisotopic (exact) mass is 297 g/mol. The zero-order valence-corrected chi connectivity index (χ0v) is 11.9. The fourth-order valence-corrected chi connectivity index (χ4v) is 2.25. The van der Waals surface area contributed by atoms with Crippen molar-refractivity contribution in [2.24, 2.45) is 0 Å². The van der Waals surface area contributed by atoms with Crippen molar-refractivity contribution in [2.45, 2.75) is 12.8 Å². The minimum Gasteiger partial charge on any atom is -0.507 e. The molecule has 0 aliphatic carbocycles. The fourth-order valence-electron chi connectivity index (χ4n) is 2.25. The molecule has 112 valence electrons. The van der Waals surface area contributed by atoms with Crippen LogP contribution in [0.2, 0.25) is 0 Å². The average Bonchev–Trinajstić information content (AvgIpc) is 2.55. The zero-order valence-electron chi connectivity index (χ0n) is 11.9. The number of ether oxygens (including phenoxy) is 1. The number of benzene rings is 1. The van der Waals surface area contributed by atoms with E-state index in [1.165, 1.54) is 0 Å². The first-order valence-electron chi connectivity index (χ1n) is 7.03. The van der Waals surface area contributed by atoms with Crippen molar-refractivity contribution in [2.75, 3.05) is 6.61 Å². The van der Waals surface area contributed by atoms with Crippen LogP contribution in [0.1, 0.15) is 12.0 Å². The molecule has 0 fully saturated rings. The summed E-state index contributed by atoms with van der Waals surface area (Å²) in [4.78, 5) is 16.0. The van der Waals surface area contributed by atoms with Crippen LogP contribution in [-0.4, -0.2) is 16.7 Å². The summed E-state index contributed by atoms with van der Waals surface area (Å²) >= 11 is 0. The lowest BCUT2D eigenvalue weighted by molar-refractivity contribution is 0.298. The van der Waals surface area contributed by atoms with Crippen LogP contribution in [-0.2, 0) is 6.42 Å². The van der Waals surface area contributed by atoms with Gasteiger partial charge in [0.05, 0.1) is 17.6 Å². The van der Waals surface area contributed by atoms with Gasteiger partial charge in [0.15, 0.2) is 0 Å². The third-order valence-electron chi connectivity index (χ3n) is 3.34. The van der Waals surface area contributed by atoms with Crippen LogP contribution >= 0.6 is 0 Å². The van der Waals surface area contributed by atoms with Crippen molar-refractivity contribution in [3.05, 3.63) is 64.6 Å².